The highest BCUT2D eigenvalue weighted by Crippen LogP contribution is 2.18. The monoisotopic (exact) mass is 598 g/mol. The van der Waals surface area contributed by atoms with Gasteiger partial charge in [0.15, 0.2) is 0 Å². The van der Waals surface area contributed by atoms with Crippen LogP contribution in [0.3, 0.4) is 0 Å². The minimum Gasteiger partial charge on any atom is -0.465 e. The number of Topliss-reactive ketones (excluding diaryl/α,β-unsaturated/α-hetero) is 2. The minimum absolute atomic E-state index is 0.155. The van der Waals surface area contributed by atoms with Gasteiger partial charge in [-0.3, -0.25) is 14.4 Å². The van der Waals surface area contributed by atoms with Crippen molar-refractivity contribution >= 4 is 41.9 Å². The van der Waals surface area contributed by atoms with Crippen molar-refractivity contribution in [2.75, 3.05) is 39.4 Å². The molecule has 0 radical (unpaired) electrons. The van der Waals surface area contributed by atoms with E-state index in [0.29, 0.717) is 45.3 Å². The fourth-order valence-corrected chi connectivity index (χ4v) is 3.47. The molecule has 2 aliphatic heterocycles. The maximum absolute atomic E-state index is 12.0. The van der Waals surface area contributed by atoms with Crippen molar-refractivity contribution in [1.82, 2.24) is 9.80 Å². The Kier molecular flexibility index (Phi) is 16.9. The van der Waals surface area contributed by atoms with Crippen LogP contribution in [-0.4, -0.2) is 107 Å². The number of rotatable bonds is 4. The molecule has 14 nitrogen and oxygen atoms in total. The molecule has 2 amide bonds. The van der Waals surface area contributed by atoms with E-state index < -0.39 is 35.2 Å². The number of nitrogens with zero attached hydrogens (tertiary/aromatic N) is 4. The molecular weight excluding hydrogens is 552 g/mol. The number of ketones is 2. The van der Waals surface area contributed by atoms with Gasteiger partial charge >= 0.3 is 30.3 Å². The van der Waals surface area contributed by atoms with Crippen LogP contribution in [0.4, 0.5) is 9.59 Å². The third-order valence-electron chi connectivity index (χ3n) is 5.35. The lowest BCUT2D eigenvalue weighted by Gasteiger charge is -2.29. The van der Waals surface area contributed by atoms with Gasteiger partial charge in [0.05, 0.1) is 13.2 Å². The summed E-state index contributed by atoms with van der Waals surface area (Å²) in [6, 6.07) is 0. The Bertz CT molecular complexity index is 984. The lowest BCUT2D eigenvalue weighted by atomic mass is 10.00. The zero-order valence-corrected chi connectivity index (χ0v) is 26.1. The number of carbonyl (C=O) groups is 6. The van der Waals surface area contributed by atoms with Gasteiger partial charge in [0.2, 0.25) is 0 Å². The molecule has 0 spiro atoms. The van der Waals surface area contributed by atoms with Crippen LogP contribution in [-0.2, 0) is 38.1 Å². The molecule has 0 aliphatic carbocycles. The second-order valence-corrected chi connectivity index (χ2v) is 11.3. The second-order valence-electron chi connectivity index (χ2n) is 11.3. The first kappa shape index (κ1) is 38.2. The lowest BCUT2D eigenvalue weighted by molar-refractivity contribution is -0.151. The number of esters is 2. The first-order valence-electron chi connectivity index (χ1n) is 13.9. The molecule has 0 N–H and O–H groups in total. The summed E-state index contributed by atoms with van der Waals surface area (Å²) in [6.07, 6.45) is 1.29. The van der Waals surface area contributed by atoms with Crippen LogP contribution in [0.2, 0.25) is 0 Å². The van der Waals surface area contributed by atoms with E-state index in [1.165, 1.54) is 4.90 Å². The second kappa shape index (κ2) is 18.6. The van der Waals surface area contributed by atoms with Crippen LogP contribution < -0.4 is 0 Å². The largest absolute Gasteiger partial charge is 0.465 e. The maximum Gasteiger partial charge on any atom is 0.413 e. The summed E-state index contributed by atoms with van der Waals surface area (Å²) in [7, 11) is 0. The number of hydrogen-bond acceptors (Lipinski definition) is 10. The molecular formula is C28H46N4O10. The Balaban J connectivity index is 0.000000662. The Morgan fingerprint density at radius 1 is 0.810 bits per heavy atom. The van der Waals surface area contributed by atoms with Gasteiger partial charge in [-0.1, -0.05) is 0 Å². The molecule has 0 saturated carbocycles. The van der Waals surface area contributed by atoms with Crippen LogP contribution in [0.25, 0.3) is 5.53 Å². The zero-order chi connectivity index (χ0) is 32.5. The van der Waals surface area contributed by atoms with Gasteiger partial charge in [0.25, 0.3) is 0 Å². The fourth-order valence-electron chi connectivity index (χ4n) is 3.47. The number of carbonyl (C=O) groups excluding carboxylic acids is 6. The Hall–Kier alpha value is -3.80. The number of ether oxygens (including phenoxy) is 4. The van der Waals surface area contributed by atoms with Gasteiger partial charge in [-0.2, -0.15) is 4.79 Å². The van der Waals surface area contributed by atoms with Gasteiger partial charge in [-0.25, -0.2) is 14.4 Å². The first-order valence-corrected chi connectivity index (χ1v) is 13.9. The third kappa shape index (κ3) is 17.1. The minimum atomic E-state index is -0.762. The first-order chi connectivity index (χ1) is 19.4. The highest BCUT2D eigenvalue weighted by molar-refractivity contribution is 6.20. The summed E-state index contributed by atoms with van der Waals surface area (Å²) in [4.78, 5) is 73.6. The standard InChI is InChI=1S/C14H23NO5.C10H17NO3.C4H6N2O2/c1-5-19-12(17)10-6-8-15(9-7-11(10)16)13(18)20-14(2,3)4;1-10(2,3)14-9(13)11-6-4-8(12)5-7-11;1-2-8-4(7)3-6-5/h10H,5-9H2,1-4H3;4-7H2,1-3H3;3H,2H2,1H3. The number of likely N-dealkylation sites (tertiary alicyclic amines) is 2. The highest BCUT2D eigenvalue weighted by Gasteiger charge is 2.33. The van der Waals surface area contributed by atoms with Crippen molar-refractivity contribution in [2.24, 2.45) is 5.92 Å². The van der Waals surface area contributed by atoms with E-state index in [0.717, 1.165) is 0 Å². The molecule has 42 heavy (non-hydrogen) atoms. The molecule has 0 bridgehead atoms. The van der Waals surface area contributed by atoms with Crippen LogP contribution in [0, 0.1) is 5.92 Å². The van der Waals surface area contributed by atoms with E-state index in [1.54, 1.807) is 39.5 Å². The highest BCUT2D eigenvalue weighted by atomic mass is 16.6. The molecule has 2 rings (SSSR count). The summed E-state index contributed by atoms with van der Waals surface area (Å²) in [5.41, 5.74) is 6.70. The normalized spacial score (nSPS) is 17.1. The molecule has 2 saturated heterocycles. The Labute approximate surface area is 247 Å². The summed E-state index contributed by atoms with van der Waals surface area (Å²) >= 11 is 0. The van der Waals surface area contributed by atoms with Crippen LogP contribution in [0.1, 0.15) is 81.1 Å². The maximum atomic E-state index is 12.0. The molecule has 2 heterocycles. The van der Waals surface area contributed by atoms with Gasteiger partial charge in [-0.15, -0.1) is 0 Å². The molecule has 2 fully saturated rings. The predicted molar refractivity (Wildman–Crippen MR) is 151 cm³/mol. The molecule has 0 aromatic heterocycles. The Morgan fingerprint density at radius 2 is 1.26 bits per heavy atom. The van der Waals surface area contributed by atoms with Crippen LogP contribution in [0.5, 0.6) is 0 Å². The zero-order valence-electron chi connectivity index (χ0n) is 26.1. The molecule has 0 aromatic rings. The van der Waals surface area contributed by atoms with Crippen molar-refractivity contribution in [3.8, 4) is 0 Å². The smallest absolute Gasteiger partial charge is 0.413 e. The van der Waals surface area contributed by atoms with Crippen molar-refractivity contribution < 1.29 is 52.5 Å². The number of amides is 2. The van der Waals surface area contributed by atoms with Crippen molar-refractivity contribution in [3.05, 3.63) is 5.53 Å². The van der Waals surface area contributed by atoms with E-state index in [1.807, 2.05) is 20.8 Å². The summed E-state index contributed by atoms with van der Waals surface area (Å²) < 4.78 is 19.7. The third-order valence-corrected chi connectivity index (χ3v) is 5.35. The number of hydrogen-bond donors (Lipinski definition) is 0. The average Bonchev–Trinajstić information content (AvgIpc) is 3.05. The van der Waals surface area contributed by atoms with Crippen molar-refractivity contribution in [1.29, 1.82) is 0 Å². The lowest BCUT2D eigenvalue weighted by Crippen LogP contribution is -2.41. The fraction of sp³-hybridized carbons (Fsp3) is 0.750. The SMILES string of the molecule is CC(C)(C)OC(=O)N1CCC(=O)CC1.CCOC(=O)C1CCN(C(=O)OC(C)(C)C)CCC1=O.CCOC(=O)C=[N+]=[N-]. The van der Waals surface area contributed by atoms with Crippen LogP contribution in [0.15, 0.2) is 0 Å². The van der Waals surface area contributed by atoms with E-state index in [4.69, 9.17) is 19.7 Å². The van der Waals surface area contributed by atoms with E-state index in [-0.39, 0.29) is 43.7 Å². The molecule has 238 valence electrons. The summed E-state index contributed by atoms with van der Waals surface area (Å²) in [5.74, 6) is -1.83. The van der Waals surface area contributed by atoms with E-state index in [2.05, 4.69) is 9.53 Å². The van der Waals surface area contributed by atoms with Gasteiger partial charge in [0, 0.05) is 45.4 Å². The van der Waals surface area contributed by atoms with Gasteiger partial charge in [-0.05, 0) is 61.8 Å². The van der Waals surface area contributed by atoms with Gasteiger partial charge < -0.3 is 34.3 Å². The Morgan fingerprint density at radius 3 is 1.69 bits per heavy atom. The number of piperidine rings is 1. The summed E-state index contributed by atoms with van der Waals surface area (Å²) in [5, 5.41) is 0. The molecule has 1 atom stereocenters. The van der Waals surface area contributed by atoms with Crippen molar-refractivity contribution in [2.45, 2.75) is 92.3 Å². The molecule has 1 unspecified atom stereocenters. The van der Waals surface area contributed by atoms with E-state index in [9.17, 15) is 28.8 Å². The van der Waals surface area contributed by atoms with E-state index >= 15 is 0 Å². The quantitative estimate of drug-likeness (QED) is 0.116. The average molecular weight is 599 g/mol. The molecule has 14 heteroatoms. The van der Waals surface area contributed by atoms with Crippen molar-refractivity contribution in [3.63, 3.8) is 0 Å². The molecule has 0 aromatic carbocycles. The summed E-state index contributed by atoms with van der Waals surface area (Å²) in [6.45, 7) is 16.4. The predicted octanol–water partition coefficient (Wildman–Crippen LogP) is 3.20. The topological polar surface area (TPSA) is 182 Å². The van der Waals surface area contributed by atoms with Gasteiger partial charge in [0.1, 0.15) is 28.7 Å². The molecule has 2 aliphatic rings. The van der Waals surface area contributed by atoms with Crippen LogP contribution >= 0.6 is 0 Å².